The zero-order valence-electron chi connectivity index (χ0n) is 8.85. The van der Waals surface area contributed by atoms with Crippen LogP contribution >= 0.6 is 11.6 Å². The number of halogens is 1. The van der Waals surface area contributed by atoms with E-state index in [1.165, 1.54) is 0 Å². The van der Waals surface area contributed by atoms with Crippen LogP contribution in [0.4, 0.5) is 0 Å². The molecule has 0 saturated carbocycles. The van der Waals surface area contributed by atoms with Crippen LogP contribution in [-0.4, -0.2) is 5.24 Å². The van der Waals surface area contributed by atoms with Crippen molar-refractivity contribution in [3.05, 3.63) is 59.7 Å². The Morgan fingerprint density at radius 2 is 1.76 bits per heavy atom. The minimum absolute atomic E-state index is 0.246. The molecule has 17 heavy (non-hydrogen) atoms. The fraction of sp³-hybridized carbons (Fsp3) is 0. The predicted octanol–water partition coefficient (Wildman–Crippen LogP) is 3.60. The van der Waals surface area contributed by atoms with E-state index in [4.69, 9.17) is 16.9 Å². The molecule has 82 valence electrons. The van der Waals surface area contributed by atoms with Crippen molar-refractivity contribution in [1.29, 1.82) is 5.26 Å². The number of hydrogen-bond acceptors (Lipinski definition) is 2. The summed E-state index contributed by atoms with van der Waals surface area (Å²) in [6, 6.07) is 16.5. The van der Waals surface area contributed by atoms with E-state index in [9.17, 15) is 4.79 Å². The molecule has 2 aromatic rings. The Morgan fingerprint density at radius 3 is 2.35 bits per heavy atom. The summed E-state index contributed by atoms with van der Waals surface area (Å²) in [6.45, 7) is 0. The molecule has 2 rings (SSSR count). The molecule has 0 fully saturated rings. The summed E-state index contributed by atoms with van der Waals surface area (Å²) in [7, 11) is 0. The molecular weight excluding hydrogens is 234 g/mol. The molecule has 0 aliphatic carbocycles. The van der Waals surface area contributed by atoms with Gasteiger partial charge in [0.25, 0.3) is 5.24 Å². The summed E-state index contributed by atoms with van der Waals surface area (Å²) < 4.78 is 0. The van der Waals surface area contributed by atoms with E-state index >= 15 is 0 Å². The van der Waals surface area contributed by atoms with Crippen LogP contribution in [0, 0.1) is 11.3 Å². The zero-order valence-corrected chi connectivity index (χ0v) is 9.61. The van der Waals surface area contributed by atoms with Crippen LogP contribution in [0.25, 0.3) is 11.1 Å². The van der Waals surface area contributed by atoms with E-state index in [1.54, 1.807) is 18.2 Å². The Balaban J connectivity index is 2.68. The maximum absolute atomic E-state index is 11.2. The third kappa shape index (κ3) is 2.20. The van der Waals surface area contributed by atoms with Gasteiger partial charge in [-0.1, -0.05) is 42.5 Å². The predicted molar refractivity (Wildman–Crippen MR) is 66.8 cm³/mol. The lowest BCUT2D eigenvalue weighted by Crippen LogP contribution is -1.96. The first kappa shape index (κ1) is 11.4. The highest BCUT2D eigenvalue weighted by atomic mass is 35.5. The summed E-state index contributed by atoms with van der Waals surface area (Å²) in [4.78, 5) is 11.2. The van der Waals surface area contributed by atoms with Gasteiger partial charge in [-0.25, -0.2) is 0 Å². The van der Waals surface area contributed by atoms with Gasteiger partial charge < -0.3 is 0 Å². The first-order valence-corrected chi connectivity index (χ1v) is 5.40. The smallest absolute Gasteiger partial charge is 0.253 e. The van der Waals surface area contributed by atoms with Gasteiger partial charge in [0.2, 0.25) is 0 Å². The first-order valence-electron chi connectivity index (χ1n) is 5.02. The summed E-state index contributed by atoms with van der Waals surface area (Å²) in [5.74, 6) is 0. The first-order chi connectivity index (χ1) is 8.24. The minimum Gasteiger partial charge on any atom is -0.276 e. The van der Waals surface area contributed by atoms with Gasteiger partial charge >= 0.3 is 0 Å². The second kappa shape index (κ2) is 4.82. The molecule has 0 aliphatic rings. The van der Waals surface area contributed by atoms with Crippen LogP contribution in [0.2, 0.25) is 0 Å². The molecule has 0 spiro atoms. The van der Waals surface area contributed by atoms with Crippen LogP contribution in [0.1, 0.15) is 15.9 Å². The maximum Gasteiger partial charge on any atom is 0.253 e. The fourth-order valence-corrected chi connectivity index (χ4v) is 1.85. The molecule has 0 heterocycles. The lowest BCUT2D eigenvalue weighted by Gasteiger charge is -2.06. The van der Waals surface area contributed by atoms with E-state index < -0.39 is 5.24 Å². The van der Waals surface area contributed by atoms with E-state index in [2.05, 4.69) is 0 Å². The highest BCUT2D eigenvalue weighted by Crippen LogP contribution is 2.26. The van der Waals surface area contributed by atoms with Crippen molar-refractivity contribution in [3.63, 3.8) is 0 Å². The third-order valence-electron chi connectivity index (χ3n) is 2.47. The highest BCUT2D eigenvalue weighted by Gasteiger charge is 2.13. The monoisotopic (exact) mass is 241 g/mol. The molecule has 0 aromatic heterocycles. The number of rotatable bonds is 2. The van der Waals surface area contributed by atoms with Gasteiger partial charge in [-0.2, -0.15) is 5.26 Å². The molecule has 0 saturated heterocycles. The van der Waals surface area contributed by atoms with Crippen molar-refractivity contribution in [2.24, 2.45) is 0 Å². The number of hydrogen-bond donors (Lipinski definition) is 0. The highest BCUT2D eigenvalue weighted by molar-refractivity contribution is 6.68. The van der Waals surface area contributed by atoms with Gasteiger partial charge in [-0.05, 0) is 23.2 Å². The van der Waals surface area contributed by atoms with Crippen molar-refractivity contribution >= 4 is 16.8 Å². The zero-order chi connectivity index (χ0) is 12.3. The molecule has 0 N–H and O–H groups in total. The lowest BCUT2D eigenvalue weighted by molar-refractivity contribution is 0.108. The Hall–Kier alpha value is -2.11. The largest absolute Gasteiger partial charge is 0.276 e. The molecule has 2 aromatic carbocycles. The van der Waals surface area contributed by atoms with Crippen LogP contribution in [-0.2, 0) is 0 Å². The van der Waals surface area contributed by atoms with Crippen LogP contribution in [0.5, 0.6) is 0 Å². The molecule has 0 amide bonds. The van der Waals surface area contributed by atoms with Crippen molar-refractivity contribution in [1.82, 2.24) is 0 Å². The Labute approximate surface area is 104 Å². The van der Waals surface area contributed by atoms with E-state index in [1.807, 2.05) is 36.4 Å². The van der Waals surface area contributed by atoms with Crippen molar-refractivity contribution in [2.75, 3.05) is 0 Å². The van der Waals surface area contributed by atoms with E-state index in [0.29, 0.717) is 5.56 Å². The molecule has 0 radical (unpaired) electrons. The number of benzene rings is 2. The van der Waals surface area contributed by atoms with Gasteiger partial charge in [-0.3, -0.25) is 4.79 Å². The number of carbonyl (C=O) groups is 1. The van der Waals surface area contributed by atoms with Gasteiger partial charge in [0.15, 0.2) is 0 Å². The Kier molecular flexibility index (Phi) is 3.22. The summed E-state index contributed by atoms with van der Waals surface area (Å²) in [6.07, 6.45) is 0. The Bertz CT molecular complexity index is 599. The van der Waals surface area contributed by atoms with Gasteiger partial charge in [0.05, 0.1) is 11.1 Å². The molecule has 2 nitrogen and oxygen atoms in total. The summed E-state index contributed by atoms with van der Waals surface area (Å²) in [5, 5.41) is 8.54. The molecule has 3 heteroatoms. The molecular formula is C14H8ClNO. The number of nitrogens with zero attached hydrogens (tertiary/aromatic N) is 1. The van der Waals surface area contributed by atoms with Gasteiger partial charge in [0, 0.05) is 5.56 Å². The summed E-state index contributed by atoms with van der Waals surface area (Å²) in [5.41, 5.74) is 2.18. The van der Waals surface area contributed by atoms with Gasteiger partial charge in [-0.15, -0.1) is 0 Å². The van der Waals surface area contributed by atoms with Crippen molar-refractivity contribution in [2.45, 2.75) is 0 Å². The van der Waals surface area contributed by atoms with Crippen LogP contribution in [0.15, 0.2) is 48.5 Å². The minimum atomic E-state index is -0.612. The van der Waals surface area contributed by atoms with Gasteiger partial charge in [0.1, 0.15) is 6.07 Å². The standard InChI is InChI=1S/C14H8ClNO/c15-14(17)12-8-4-7-11(13(12)9-16)10-5-2-1-3-6-10/h1-8H. The molecule has 0 atom stereocenters. The van der Waals surface area contributed by atoms with E-state index in [-0.39, 0.29) is 5.56 Å². The second-order valence-electron chi connectivity index (χ2n) is 3.48. The lowest BCUT2D eigenvalue weighted by atomic mass is 9.97. The third-order valence-corrected chi connectivity index (χ3v) is 2.68. The topological polar surface area (TPSA) is 40.9 Å². The van der Waals surface area contributed by atoms with Crippen LogP contribution < -0.4 is 0 Å². The summed E-state index contributed by atoms with van der Waals surface area (Å²) >= 11 is 5.46. The Morgan fingerprint density at radius 1 is 1.06 bits per heavy atom. The van der Waals surface area contributed by atoms with Crippen molar-refractivity contribution < 1.29 is 4.79 Å². The average molecular weight is 242 g/mol. The molecule has 0 unspecified atom stereocenters. The number of nitriles is 1. The van der Waals surface area contributed by atoms with Crippen molar-refractivity contribution in [3.8, 4) is 17.2 Å². The SMILES string of the molecule is N#Cc1c(C(=O)Cl)cccc1-c1ccccc1. The second-order valence-corrected chi connectivity index (χ2v) is 3.82. The van der Waals surface area contributed by atoms with E-state index in [0.717, 1.165) is 11.1 Å². The quantitative estimate of drug-likeness (QED) is 0.754. The average Bonchev–Trinajstić information content (AvgIpc) is 2.38. The van der Waals surface area contributed by atoms with Crippen LogP contribution in [0.3, 0.4) is 0 Å². The molecule has 0 aliphatic heterocycles. The normalized spacial score (nSPS) is 9.65. The number of carbonyl (C=O) groups excluding carboxylic acids is 1. The fourth-order valence-electron chi connectivity index (χ4n) is 1.69. The maximum atomic E-state index is 11.2. The molecule has 0 bridgehead atoms.